The van der Waals surface area contributed by atoms with Crippen molar-refractivity contribution < 1.29 is 14.4 Å². The maximum absolute atomic E-state index is 11.8. The molecule has 1 aromatic carbocycles. The molecule has 2 rings (SSSR count). The summed E-state index contributed by atoms with van der Waals surface area (Å²) >= 11 is 5.85. The number of ether oxygens (including phenoxy) is 1. The number of halogens is 1. The third kappa shape index (κ3) is 3.98. The number of quaternary nitrogens is 1. The van der Waals surface area contributed by atoms with Gasteiger partial charge in [-0.25, -0.2) is 0 Å². The minimum atomic E-state index is -0.0647. The second kappa shape index (κ2) is 6.73. The molecule has 0 bridgehead atoms. The van der Waals surface area contributed by atoms with Gasteiger partial charge in [-0.05, 0) is 18.2 Å². The summed E-state index contributed by atoms with van der Waals surface area (Å²) in [5.41, 5.74) is 0.611. The fourth-order valence-electron chi connectivity index (χ4n) is 1.99. The molecule has 98 valence electrons. The van der Waals surface area contributed by atoms with Crippen molar-refractivity contribution in [3.8, 4) is 0 Å². The Morgan fingerprint density at radius 3 is 2.89 bits per heavy atom. The van der Waals surface area contributed by atoms with E-state index in [4.69, 9.17) is 16.3 Å². The molecule has 1 aromatic rings. The highest BCUT2D eigenvalue weighted by atomic mass is 35.5. The van der Waals surface area contributed by atoms with Crippen molar-refractivity contribution in [2.24, 2.45) is 0 Å². The van der Waals surface area contributed by atoms with E-state index in [1.54, 1.807) is 24.3 Å². The molecular formula is C13H18ClN2O2+. The molecule has 2 N–H and O–H groups in total. The molecule has 0 aliphatic carbocycles. The van der Waals surface area contributed by atoms with E-state index >= 15 is 0 Å². The standard InChI is InChI=1S/C13H17ClN2O2/c14-12-3-1-2-11(10-12)13(17)15-4-5-16-6-8-18-9-7-16/h1-3,10H,4-9H2,(H,15,17)/p+1. The topological polar surface area (TPSA) is 42.8 Å². The predicted molar refractivity (Wildman–Crippen MR) is 70.2 cm³/mol. The van der Waals surface area contributed by atoms with E-state index in [1.165, 1.54) is 4.90 Å². The summed E-state index contributed by atoms with van der Waals surface area (Å²) in [6.07, 6.45) is 0. The Balaban J connectivity index is 1.74. The van der Waals surface area contributed by atoms with Crippen molar-refractivity contribution in [2.75, 3.05) is 39.4 Å². The van der Waals surface area contributed by atoms with Crippen LogP contribution >= 0.6 is 11.6 Å². The molecule has 5 heteroatoms. The first-order valence-corrected chi connectivity index (χ1v) is 6.58. The second-order valence-electron chi connectivity index (χ2n) is 4.38. The number of rotatable bonds is 4. The number of nitrogens with one attached hydrogen (secondary N) is 2. The lowest BCUT2D eigenvalue weighted by Crippen LogP contribution is -3.14. The van der Waals surface area contributed by atoms with Gasteiger partial charge in [0.25, 0.3) is 5.91 Å². The van der Waals surface area contributed by atoms with Crippen molar-refractivity contribution >= 4 is 17.5 Å². The molecule has 1 amide bonds. The van der Waals surface area contributed by atoms with Gasteiger partial charge < -0.3 is 15.0 Å². The molecule has 0 unspecified atom stereocenters. The maximum atomic E-state index is 11.8. The third-order valence-corrected chi connectivity index (χ3v) is 3.29. The van der Waals surface area contributed by atoms with Gasteiger partial charge in [0.05, 0.1) is 26.3 Å². The van der Waals surface area contributed by atoms with Crippen LogP contribution in [0.25, 0.3) is 0 Å². The molecule has 0 radical (unpaired) electrons. The minimum absolute atomic E-state index is 0.0647. The molecule has 1 saturated heterocycles. The van der Waals surface area contributed by atoms with Gasteiger partial charge in [-0.2, -0.15) is 0 Å². The van der Waals surface area contributed by atoms with Gasteiger partial charge in [0, 0.05) is 10.6 Å². The smallest absolute Gasteiger partial charge is 0.251 e. The highest BCUT2D eigenvalue weighted by Crippen LogP contribution is 2.10. The quantitative estimate of drug-likeness (QED) is 0.807. The Morgan fingerprint density at radius 2 is 2.17 bits per heavy atom. The van der Waals surface area contributed by atoms with Crippen LogP contribution in [0.4, 0.5) is 0 Å². The van der Waals surface area contributed by atoms with Gasteiger partial charge in [0.2, 0.25) is 0 Å². The van der Waals surface area contributed by atoms with Gasteiger partial charge in [-0.1, -0.05) is 17.7 Å². The number of carbonyl (C=O) groups excluding carboxylic acids is 1. The molecule has 1 fully saturated rings. The average molecular weight is 270 g/mol. The second-order valence-corrected chi connectivity index (χ2v) is 4.82. The van der Waals surface area contributed by atoms with E-state index in [1.807, 2.05) is 0 Å². The molecule has 0 aromatic heterocycles. The minimum Gasteiger partial charge on any atom is -0.370 e. The Labute approximate surface area is 112 Å². The Kier molecular flexibility index (Phi) is 4.99. The summed E-state index contributed by atoms with van der Waals surface area (Å²) in [5, 5.41) is 3.50. The largest absolute Gasteiger partial charge is 0.370 e. The Bertz CT molecular complexity index is 406. The molecule has 4 nitrogen and oxygen atoms in total. The van der Waals surface area contributed by atoms with Gasteiger partial charge in [-0.15, -0.1) is 0 Å². The third-order valence-electron chi connectivity index (χ3n) is 3.05. The van der Waals surface area contributed by atoms with Crippen molar-refractivity contribution in [3.05, 3.63) is 34.9 Å². The monoisotopic (exact) mass is 269 g/mol. The molecule has 0 spiro atoms. The zero-order valence-corrected chi connectivity index (χ0v) is 11.0. The van der Waals surface area contributed by atoms with Crippen molar-refractivity contribution in [2.45, 2.75) is 0 Å². The summed E-state index contributed by atoms with van der Waals surface area (Å²) in [6, 6.07) is 6.99. The van der Waals surface area contributed by atoms with Crippen LogP contribution < -0.4 is 10.2 Å². The number of hydrogen-bond acceptors (Lipinski definition) is 2. The molecule has 18 heavy (non-hydrogen) atoms. The average Bonchev–Trinajstić information content (AvgIpc) is 2.40. The van der Waals surface area contributed by atoms with E-state index in [-0.39, 0.29) is 5.91 Å². The van der Waals surface area contributed by atoms with Crippen LogP contribution in [-0.2, 0) is 4.74 Å². The fourth-order valence-corrected chi connectivity index (χ4v) is 2.18. The van der Waals surface area contributed by atoms with E-state index < -0.39 is 0 Å². The lowest BCUT2D eigenvalue weighted by Gasteiger charge is -2.23. The number of morpholine rings is 1. The highest BCUT2D eigenvalue weighted by molar-refractivity contribution is 6.30. The highest BCUT2D eigenvalue weighted by Gasteiger charge is 2.13. The van der Waals surface area contributed by atoms with E-state index in [0.29, 0.717) is 17.1 Å². The normalized spacial score (nSPS) is 16.5. The predicted octanol–water partition coefficient (Wildman–Crippen LogP) is -0.0151. The molecule has 1 heterocycles. The summed E-state index contributed by atoms with van der Waals surface area (Å²) in [4.78, 5) is 13.3. The molecule has 1 aliphatic rings. The van der Waals surface area contributed by atoms with Crippen molar-refractivity contribution in [3.63, 3.8) is 0 Å². The lowest BCUT2D eigenvalue weighted by atomic mass is 10.2. The van der Waals surface area contributed by atoms with E-state index in [0.717, 1.165) is 32.8 Å². The van der Waals surface area contributed by atoms with Crippen LogP contribution in [0, 0.1) is 0 Å². The lowest BCUT2D eigenvalue weighted by molar-refractivity contribution is -0.906. The number of carbonyl (C=O) groups is 1. The Morgan fingerprint density at radius 1 is 1.39 bits per heavy atom. The number of benzene rings is 1. The SMILES string of the molecule is O=C(NCC[NH+]1CCOCC1)c1cccc(Cl)c1. The van der Waals surface area contributed by atoms with Crippen molar-refractivity contribution in [1.82, 2.24) is 5.32 Å². The van der Waals surface area contributed by atoms with Gasteiger partial charge in [-0.3, -0.25) is 4.79 Å². The van der Waals surface area contributed by atoms with Crippen LogP contribution in [0.2, 0.25) is 5.02 Å². The summed E-state index contributed by atoms with van der Waals surface area (Å²) < 4.78 is 5.29. The zero-order valence-electron chi connectivity index (χ0n) is 10.2. The molecule has 1 aliphatic heterocycles. The fraction of sp³-hybridized carbons (Fsp3) is 0.462. The maximum Gasteiger partial charge on any atom is 0.251 e. The van der Waals surface area contributed by atoms with Gasteiger partial charge >= 0.3 is 0 Å². The first-order valence-electron chi connectivity index (χ1n) is 6.21. The number of hydrogen-bond donors (Lipinski definition) is 2. The van der Waals surface area contributed by atoms with Crippen molar-refractivity contribution in [1.29, 1.82) is 0 Å². The van der Waals surface area contributed by atoms with Crippen LogP contribution in [0.3, 0.4) is 0 Å². The Hall–Kier alpha value is -1.10. The summed E-state index contributed by atoms with van der Waals surface area (Å²) in [6.45, 7) is 5.30. The summed E-state index contributed by atoms with van der Waals surface area (Å²) in [7, 11) is 0. The van der Waals surface area contributed by atoms with E-state index in [2.05, 4.69) is 5.32 Å². The van der Waals surface area contributed by atoms with Crippen LogP contribution in [0.5, 0.6) is 0 Å². The molecule has 0 atom stereocenters. The van der Waals surface area contributed by atoms with E-state index in [9.17, 15) is 4.79 Å². The zero-order chi connectivity index (χ0) is 12.8. The van der Waals surface area contributed by atoms with Gasteiger partial charge in [0.1, 0.15) is 13.1 Å². The van der Waals surface area contributed by atoms with Crippen LogP contribution in [-0.4, -0.2) is 45.3 Å². The number of amides is 1. The van der Waals surface area contributed by atoms with Crippen LogP contribution in [0.15, 0.2) is 24.3 Å². The molecule has 0 saturated carbocycles. The summed E-state index contributed by atoms with van der Waals surface area (Å²) in [5.74, 6) is -0.0647. The molecular weight excluding hydrogens is 252 g/mol. The first kappa shape index (κ1) is 13.3. The first-order chi connectivity index (χ1) is 8.75. The van der Waals surface area contributed by atoms with Gasteiger partial charge in [0.15, 0.2) is 0 Å². The van der Waals surface area contributed by atoms with Crippen LogP contribution in [0.1, 0.15) is 10.4 Å².